The quantitative estimate of drug-likeness (QED) is 0.731. The molecule has 0 bridgehead atoms. The van der Waals surface area contributed by atoms with Crippen LogP contribution in [0.25, 0.3) is 5.65 Å². The minimum Gasteiger partial charge on any atom is -0.478 e. The molecule has 0 aliphatic carbocycles. The minimum atomic E-state index is -1.07. The number of hydrogen-bond acceptors (Lipinski definition) is 4. The standard InChI is InChI=1S/C9H6N4O2/c1-5-7(2-10)8-11-3-6(9(14)15)4-13(8)12-5/h3-4H,1H3,(H,14,15). The summed E-state index contributed by atoms with van der Waals surface area (Å²) in [7, 11) is 0. The van der Waals surface area contributed by atoms with Gasteiger partial charge in [-0.25, -0.2) is 14.3 Å². The summed E-state index contributed by atoms with van der Waals surface area (Å²) in [6, 6.07) is 1.97. The fraction of sp³-hybridized carbons (Fsp3) is 0.111. The molecule has 0 aliphatic heterocycles. The molecule has 0 saturated heterocycles. The highest BCUT2D eigenvalue weighted by atomic mass is 16.4. The molecule has 0 unspecified atom stereocenters. The monoisotopic (exact) mass is 202 g/mol. The predicted octanol–water partition coefficient (Wildman–Crippen LogP) is 0.608. The molecule has 2 heterocycles. The van der Waals surface area contributed by atoms with E-state index in [1.54, 1.807) is 6.92 Å². The van der Waals surface area contributed by atoms with Crippen molar-refractivity contribution in [2.75, 3.05) is 0 Å². The predicted molar refractivity (Wildman–Crippen MR) is 49.4 cm³/mol. The SMILES string of the molecule is Cc1nn2cc(C(=O)O)cnc2c1C#N. The van der Waals surface area contributed by atoms with Gasteiger partial charge in [0.05, 0.1) is 11.3 Å². The Labute approximate surface area is 84.4 Å². The molecule has 0 aromatic carbocycles. The smallest absolute Gasteiger partial charge is 0.338 e. The number of carboxylic acids is 1. The van der Waals surface area contributed by atoms with E-state index < -0.39 is 5.97 Å². The Balaban J connectivity index is 2.76. The average Bonchev–Trinajstić information content (AvgIpc) is 2.51. The van der Waals surface area contributed by atoms with Crippen LogP contribution in [-0.2, 0) is 0 Å². The first kappa shape index (κ1) is 9.15. The van der Waals surface area contributed by atoms with Gasteiger partial charge in [-0.1, -0.05) is 0 Å². The van der Waals surface area contributed by atoms with Crippen molar-refractivity contribution in [3.8, 4) is 6.07 Å². The number of carbonyl (C=O) groups is 1. The van der Waals surface area contributed by atoms with Gasteiger partial charge in [0.15, 0.2) is 5.65 Å². The summed E-state index contributed by atoms with van der Waals surface area (Å²) in [5.41, 5.74) is 1.31. The highest BCUT2D eigenvalue weighted by molar-refractivity contribution is 5.87. The third-order valence-electron chi connectivity index (χ3n) is 2.01. The van der Waals surface area contributed by atoms with Gasteiger partial charge in [0.2, 0.25) is 0 Å². The molecule has 1 N–H and O–H groups in total. The number of nitriles is 1. The molecule has 6 nitrogen and oxygen atoms in total. The Bertz CT molecular complexity index is 594. The highest BCUT2D eigenvalue weighted by Gasteiger charge is 2.12. The van der Waals surface area contributed by atoms with Gasteiger partial charge >= 0.3 is 5.97 Å². The molecule has 2 aromatic heterocycles. The molecule has 0 spiro atoms. The van der Waals surface area contributed by atoms with Crippen molar-refractivity contribution in [2.45, 2.75) is 6.92 Å². The van der Waals surface area contributed by atoms with E-state index in [0.29, 0.717) is 16.9 Å². The fourth-order valence-electron chi connectivity index (χ4n) is 1.29. The lowest BCUT2D eigenvalue weighted by atomic mass is 10.3. The number of carboxylic acid groups (broad SMARTS) is 1. The van der Waals surface area contributed by atoms with Crippen molar-refractivity contribution >= 4 is 11.6 Å². The largest absolute Gasteiger partial charge is 0.478 e. The average molecular weight is 202 g/mol. The van der Waals surface area contributed by atoms with Crippen LogP contribution in [0.2, 0.25) is 0 Å². The van der Waals surface area contributed by atoms with E-state index in [-0.39, 0.29) is 5.56 Å². The molecule has 0 fully saturated rings. The van der Waals surface area contributed by atoms with Crippen molar-refractivity contribution < 1.29 is 9.90 Å². The normalized spacial score (nSPS) is 10.1. The molecule has 6 heteroatoms. The topological polar surface area (TPSA) is 91.3 Å². The lowest BCUT2D eigenvalue weighted by molar-refractivity contribution is 0.0695. The summed E-state index contributed by atoms with van der Waals surface area (Å²) in [6.07, 6.45) is 2.54. The summed E-state index contributed by atoms with van der Waals surface area (Å²) < 4.78 is 1.30. The number of aromatic nitrogens is 3. The molecule has 0 saturated carbocycles. The lowest BCUT2D eigenvalue weighted by Crippen LogP contribution is -2.01. The van der Waals surface area contributed by atoms with E-state index in [1.807, 2.05) is 6.07 Å². The first-order valence-corrected chi connectivity index (χ1v) is 4.12. The zero-order valence-corrected chi connectivity index (χ0v) is 7.80. The summed E-state index contributed by atoms with van der Waals surface area (Å²) in [4.78, 5) is 14.6. The number of aromatic carboxylic acids is 1. The summed E-state index contributed by atoms with van der Waals surface area (Å²) >= 11 is 0. The first-order valence-electron chi connectivity index (χ1n) is 4.12. The minimum absolute atomic E-state index is 0.0366. The maximum atomic E-state index is 10.7. The third kappa shape index (κ3) is 1.30. The van der Waals surface area contributed by atoms with Crippen LogP contribution >= 0.6 is 0 Å². The van der Waals surface area contributed by atoms with Gasteiger partial charge in [-0.2, -0.15) is 10.4 Å². The molecule has 0 amide bonds. The maximum absolute atomic E-state index is 10.7. The Hall–Kier alpha value is -2.42. The number of hydrogen-bond donors (Lipinski definition) is 1. The Morgan fingerprint density at radius 3 is 3.00 bits per heavy atom. The Morgan fingerprint density at radius 2 is 2.40 bits per heavy atom. The van der Waals surface area contributed by atoms with Gasteiger partial charge < -0.3 is 5.11 Å². The molecule has 0 radical (unpaired) electrons. The fourth-order valence-corrected chi connectivity index (χ4v) is 1.29. The van der Waals surface area contributed by atoms with E-state index in [1.165, 1.54) is 16.9 Å². The van der Waals surface area contributed by atoms with Gasteiger partial charge in [0, 0.05) is 12.4 Å². The van der Waals surface area contributed by atoms with Gasteiger partial charge in [-0.05, 0) is 6.92 Å². The van der Waals surface area contributed by atoms with Crippen LogP contribution in [0.3, 0.4) is 0 Å². The van der Waals surface area contributed by atoms with Crippen LogP contribution < -0.4 is 0 Å². The molecule has 2 aromatic rings. The summed E-state index contributed by atoms with van der Waals surface area (Å²) in [5, 5.41) is 21.6. The van der Waals surface area contributed by atoms with Crippen LogP contribution in [0.5, 0.6) is 0 Å². The first-order chi connectivity index (χ1) is 7.13. The van der Waals surface area contributed by atoms with E-state index in [4.69, 9.17) is 10.4 Å². The Kier molecular flexibility index (Phi) is 1.87. The van der Waals surface area contributed by atoms with E-state index in [9.17, 15) is 4.79 Å². The van der Waals surface area contributed by atoms with E-state index in [2.05, 4.69) is 10.1 Å². The van der Waals surface area contributed by atoms with Crippen molar-refractivity contribution in [2.24, 2.45) is 0 Å². The molecular weight excluding hydrogens is 196 g/mol. The maximum Gasteiger partial charge on any atom is 0.338 e. The number of aryl methyl sites for hydroxylation is 1. The molecule has 15 heavy (non-hydrogen) atoms. The second-order valence-corrected chi connectivity index (χ2v) is 2.99. The third-order valence-corrected chi connectivity index (χ3v) is 2.01. The lowest BCUT2D eigenvalue weighted by Gasteiger charge is -1.94. The van der Waals surface area contributed by atoms with E-state index >= 15 is 0 Å². The number of nitrogens with zero attached hydrogens (tertiary/aromatic N) is 4. The molecule has 0 atom stereocenters. The zero-order valence-electron chi connectivity index (χ0n) is 7.80. The van der Waals surface area contributed by atoms with Crippen molar-refractivity contribution in [1.82, 2.24) is 14.6 Å². The van der Waals surface area contributed by atoms with Crippen LogP contribution in [0.4, 0.5) is 0 Å². The zero-order chi connectivity index (χ0) is 11.0. The van der Waals surface area contributed by atoms with Crippen molar-refractivity contribution in [3.05, 3.63) is 29.2 Å². The molecular formula is C9H6N4O2. The van der Waals surface area contributed by atoms with Crippen LogP contribution in [0, 0.1) is 18.3 Å². The van der Waals surface area contributed by atoms with Crippen molar-refractivity contribution in [1.29, 1.82) is 5.26 Å². The number of rotatable bonds is 1. The highest BCUT2D eigenvalue weighted by Crippen LogP contribution is 2.12. The van der Waals surface area contributed by atoms with Gasteiger partial charge in [-0.3, -0.25) is 0 Å². The summed E-state index contributed by atoms with van der Waals surface area (Å²) in [6.45, 7) is 1.67. The van der Waals surface area contributed by atoms with Gasteiger partial charge in [0.25, 0.3) is 0 Å². The second kappa shape index (κ2) is 3.06. The van der Waals surface area contributed by atoms with Crippen molar-refractivity contribution in [3.63, 3.8) is 0 Å². The van der Waals surface area contributed by atoms with Crippen LogP contribution in [-0.4, -0.2) is 25.7 Å². The van der Waals surface area contributed by atoms with Crippen LogP contribution in [0.1, 0.15) is 21.6 Å². The van der Waals surface area contributed by atoms with Gasteiger partial charge in [-0.15, -0.1) is 0 Å². The molecule has 2 rings (SSSR count). The summed E-state index contributed by atoms with van der Waals surface area (Å²) in [5.74, 6) is -1.07. The van der Waals surface area contributed by atoms with Crippen LogP contribution in [0.15, 0.2) is 12.4 Å². The molecule has 0 aliphatic rings. The molecule has 74 valence electrons. The van der Waals surface area contributed by atoms with E-state index in [0.717, 1.165) is 0 Å². The Morgan fingerprint density at radius 1 is 1.67 bits per heavy atom. The second-order valence-electron chi connectivity index (χ2n) is 2.99. The van der Waals surface area contributed by atoms with Gasteiger partial charge in [0.1, 0.15) is 11.6 Å². The number of fused-ring (bicyclic) bond motifs is 1.